The first-order valence-electron chi connectivity index (χ1n) is 4.49. The first kappa shape index (κ1) is 12.0. The Labute approximate surface area is 81.8 Å². The number of halogens is 1. The van der Waals surface area contributed by atoms with Gasteiger partial charge in [-0.1, -0.05) is 25.5 Å². The van der Waals surface area contributed by atoms with Gasteiger partial charge in [0.05, 0.1) is 0 Å². The fourth-order valence-corrected chi connectivity index (χ4v) is 1.52. The second-order valence-corrected chi connectivity index (χ2v) is 4.29. The standard InChI is InChI=1S/C10H19N.ClH/c1-8(2)9-4-6-10(3,11)7-5-9;/h4,8H,5-7,11H2,1-3H3;1H. The van der Waals surface area contributed by atoms with Crippen LogP contribution in [-0.2, 0) is 0 Å². The topological polar surface area (TPSA) is 26.0 Å². The van der Waals surface area contributed by atoms with Crippen LogP contribution in [0.25, 0.3) is 0 Å². The molecule has 0 heterocycles. The van der Waals surface area contributed by atoms with E-state index in [0.29, 0.717) is 5.92 Å². The van der Waals surface area contributed by atoms with Crippen LogP contribution in [0, 0.1) is 5.92 Å². The van der Waals surface area contributed by atoms with E-state index in [0.717, 1.165) is 12.8 Å². The van der Waals surface area contributed by atoms with Crippen LogP contribution in [0.5, 0.6) is 0 Å². The molecule has 0 fully saturated rings. The molecule has 72 valence electrons. The van der Waals surface area contributed by atoms with Gasteiger partial charge in [-0.15, -0.1) is 12.4 Å². The summed E-state index contributed by atoms with van der Waals surface area (Å²) in [5, 5.41) is 0. The lowest BCUT2D eigenvalue weighted by molar-refractivity contribution is 0.407. The number of hydrogen-bond acceptors (Lipinski definition) is 1. The second-order valence-electron chi connectivity index (χ2n) is 4.29. The Hall–Kier alpha value is -0.0100. The van der Waals surface area contributed by atoms with E-state index in [1.807, 2.05) is 0 Å². The molecule has 2 N–H and O–H groups in total. The smallest absolute Gasteiger partial charge is 0.0163 e. The van der Waals surface area contributed by atoms with Gasteiger partial charge in [0.1, 0.15) is 0 Å². The molecule has 0 spiro atoms. The van der Waals surface area contributed by atoms with Crippen molar-refractivity contribution in [1.29, 1.82) is 0 Å². The third kappa shape index (κ3) is 3.16. The van der Waals surface area contributed by atoms with Gasteiger partial charge in [0.2, 0.25) is 0 Å². The van der Waals surface area contributed by atoms with E-state index in [4.69, 9.17) is 5.73 Å². The van der Waals surface area contributed by atoms with E-state index in [1.54, 1.807) is 5.57 Å². The molecular formula is C10H20ClN. The number of nitrogens with two attached hydrogens (primary N) is 1. The van der Waals surface area contributed by atoms with Crippen LogP contribution in [0.15, 0.2) is 11.6 Å². The summed E-state index contributed by atoms with van der Waals surface area (Å²) in [5.41, 5.74) is 7.65. The maximum Gasteiger partial charge on any atom is 0.0163 e. The van der Waals surface area contributed by atoms with Gasteiger partial charge in [-0.25, -0.2) is 0 Å². The Bertz CT molecular complexity index is 171. The molecule has 1 aliphatic carbocycles. The summed E-state index contributed by atoms with van der Waals surface area (Å²) in [5.74, 6) is 0.714. The third-order valence-electron chi connectivity index (χ3n) is 2.56. The third-order valence-corrected chi connectivity index (χ3v) is 2.56. The number of allylic oxidation sites excluding steroid dienone is 1. The number of rotatable bonds is 1. The monoisotopic (exact) mass is 189 g/mol. The van der Waals surface area contributed by atoms with Crippen LogP contribution in [0.2, 0.25) is 0 Å². The van der Waals surface area contributed by atoms with Crippen molar-refractivity contribution in [2.24, 2.45) is 11.7 Å². The van der Waals surface area contributed by atoms with Crippen molar-refractivity contribution in [1.82, 2.24) is 0 Å². The van der Waals surface area contributed by atoms with Crippen molar-refractivity contribution in [3.63, 3.8) is 0 Å². The van der Waals surface area contributed by atoms with Crippen molar-refractivity contribution < 1.29 is 0 Å². The Kier molecular flexibility index (Phi) is 4.29. The van der Waals surface area contributed by atoms with Crippen LogP contribution in [0.1, 0.15) is 40.0 Å². The SMILES string of the molecule is CC(C)C1=CCC(C)(N)CC1.Cl. The highest BCUT2D eigenvalue weighted by Crippen LogP contribution is 2.28. The van der Waals surface area contributed by atoms with E-state index in [9.17, 15) is 0 Å². The van der Waals surface area contributed by atoms with Gasteiger partial charge >= 0.3 is 0 Å². The highest BCUT2D eigenvalue weighted by molar-refractivity contribution is 5.85. The van der Waals surface area contributed by atoms with E-state index in [1.165, 1.54) is 6.42 Å². The van der Waals surface area contributed by atoms with Gasteiger partial charge in [0, 0.05) is 5.54 Å². The van der Waals surface area contributed by atoms with Crippen LogP contribution < -0.4 is 5.73 Å². The highest BCUT2D eigenvalue weighted by atomic mass is 35.5. The molecule has 0 saturated heterocycles. The average Bonchev–Trinajstić information content (AvgIpc) is 1.86. The van der Waals surface area contributed by atoms with Crippen molar-refractivity contribution in [2.45, 2.75) is 45.6 Å². The Morgan fingerprint density at radius 1 is 1.50 bits per heavy atom. The lowest BCUT2D eigenvalue weighted by atomic mass is 9.82. The summed E-state index contributed by atoms with van der Waals surface area (Å²) in [6.07, 6.45) is 5.73. The molecule has 0 bridgehead atoms. The van der Waals surface area contributed by atoms with E-state index >= 15 is 0 Å². The lowest BCUT2D eigenvalue weighted by Gasteiger charge is -2.29. The molecule has 0 radical (unpaired) electrons. The molecule has 1 aliphatic rings. The fourth-order valence-electron chi connectivity index (χ4n) is 1.52. The van der Waals surface area contributed by atoms with Crippen molar-refractivity contribution in [3.05, 3.63) is 11.6 Å². The van der Waals surface area contributed by atoms with Crippen LogP contribution >= 0.6 is 12.4 Å². The summed E-state index contributed by atoms with van der Waals surface area (Å²) in [6.45, 7) is 6.65. The lowest BCUT2D eigenvalue weighted by Crippen LogP contribution is -2.37. The first-order chi connectivity index (χ1) is 5.01. The molecule has 2 heteroatoms. The summed E-state index contributed by atoms with van der Waals surface area (Å²) in [6, 6.07) is 0. The maximum atomic E-state index is 6.00. The van der Waals surface area contributed by atoms with Crippen LogP contribution in [0.4, 0.5) is 0 Å². The molecule has 0 amide bonds. The van der Waals surface area contributed by atoms with Crippen LogP contribution in [-0.4, -0.2) is 5.54 Å². The van der Waals surface area contributed by atoms with Crippen molar-refractivity contribution >= 4 is 12.4 Å². The molecule has 12 heavy (non-hydrogen) atoms. The van der Waals surface area contributed by atoms with Gasteiger partial charge in [0.15, 0.2) is 0 Å². The molecule has 0 saturated carbocycles. The Balaban J connectivity index is 0.00000121. The van der Waals surface area contributed by atoms with Gasteiger partial charge < -0.3 is 5.73 Å². The molecule has 1 nitrogen and oxygen atoms in total. The summed E-state index contributed by atoms with van der Waals surface area (Å²) in [4.78, 5) is 0. The van der Waals surface area contributed by atoms with Gasteiger partial charge in [-0.05, 0) is 32.1 Å². The highest BCUT2D eigenvalue weighted by Gasteiger charge is 2.22. The molecule has 1 atom stereocenters. The summed E-state index contributed by atoms with van der Waals surface area (Å²) >= 11 is 0. The van der Waals surface area contributed by atoms with E-state index in [2.05, 4.69) is 26.8 Å². The van der Waals surface area contributed by atoms with E-state index < -0.39 is 0 Å². The fraction of sp³-hybridized carbons (Fsp3) is 0.800. The zero-order valence-corrected chi connectivity index (χ0v) is 9.08. The second kappa shape index (κ2) is 4.29. The normalized spacial score (nSPS) is 29.6. The maximum absolute atomic E-state index is 6.00. The minimum Gasteiger partial charge on any atom is -0.325 e. The molecular weight excluding hydrogens is 170 g/mol. The average molecular weight is 190 g/mol. The van der Waals surface area contributed by atoms with Gasteiger partial charge in [-0.3, -0.25) is 0 Å². The predicted octanol–water partition coefficient (Wildman–Crippen LogP) is 2.89. The molecule has 1 rings (SSSR count). The Morgan fingerprint density at radius 2 is 2.08 bits per heavy atom. The molecule has 1 unspecified atom stereocenters. The number of hydrogen-bond donors (Lipinski definition) is 1. The molecule has 0 aliphatic heterocycles. The minimum absolute atomic E-state index is 0. The van der Waals surface area contributed by atoms with Gasteiger partial charge in [-0.2, -0.15) is 0 Å². The van der Waals surface area contributed by atoms with Crippen LogP contribution in [0.3, 0.4) is 0 Å². The minimum atomic E-state index is 0. The zero-order chi connectivity index (χ0) is 8.48. The van der Waals surface area contributed by atoms with Gasteiger partial charge in [0.25, 0.3) is 0 Å². The quantitative estimate of drug-likeness (QED) is 0.631. The first-order valence-corrected chi connectivity index (χ1v) is 4.49. The van der Waals surface area contributed by atoms with Crippen molar-refractivity contribution in [2.75, 3.05) is 0 Å². The molecule has 0 aromatic heterocycles. The largest absolute Gasteiger partial charge is 0.325 e. The predicted molar refractivity (Wildman–Crippen MR) is 56.6 cm³/mol. The Morgan fingerprint density at radius 3 is 2.42 bits per heavy atom. The summed E-state index contributed by atoms with van der Waals surface area (Å²) in [7, 11) is 0. The van der Waals surface area contributed by atoms with E-state index in [-0.39, 0.29) is 17.9 Å². The zero-order valence-electron chi connectivity index (χ0n) is 8.26. The molecule has 0 aromatic rings. The summed E-state index contributed by atoms with van der Waals surface area (Å²) < 4.78 is 0. The van der Waals surface area contributed by atoms with Crippen molar-refractivity contribution in [3.8, 4) is 0 Å². The molecule has 0 aromatic carbocycles.